The molecule has 1 saturated heterocycles. The van der Waals surface area contributed by atoms with Crippen LogP contribution in [-0.2, 0) is 12.0 Å². The van der Waals surface area contributed by atoms with Gasteiger partial charge < -0.3 is 14.5 Å². The van der Waals surface area contributed by atoms with Gasteiger partial charge in [0.15, 0.2) is 5.82 Å². The van der Waals surface area contributed by atoms with Crippen LogP contribution in [0.4, 0.5) is 5.69 Å². The van der Waals surface area contributed by atoms with Gasteiger partial charge in [0.2, 0.25) is 5.89 Å². The first-order chi connectivity index (χ1) is 10.9. The Kier molecular flexibility index (Phi) is 4.26. The highest BCUT2D eigenvalue weighted by Gasteiger charge is 2.24. The molecule has 1 aliphatic heterocycles. The fraction of sp³-hybridized carbons (Fsp3) is 0.529. The van der Waals surface area contributed by atoms with E-state index < -0.39 is 0 Å². The standard InChI is InChI=1S/C17H24N4O2/c1-17(2,3)16-18-15(19-23-16)12-20-8-10-21(11-9-20)13-6-4-5-7-14(13)22/h4-7,22H,8-12H2,1-3H3. The summed E-state index contributed by atoms with van der Waals surface area (Å²) < 4.78 is 5.35. The molecule has 3 rings (SSSR count). The first kappa shape index (κ1) is 15.8. The molecule has 23 heavy (non-hydrogen) atoms. The molecule has 0 aliphatic carbocycles. The van der Waals surface area contributed by atoms with Crippen LogP contribution in [0.25, 0.3) is 0 Å². The Hall–Kier alpha value is -2.08. The summed E-state index contributed by atoms with van der Waals surface area (Å²) in [4.78, 5) is 9.02. The molecular formula is C17H24N4O2. The van der Waals surface area contributed by atoms with Crippen LogP contribution in [0.1, 0.15) is 32.5 Å². The zero-order valence-electron chi connectivity index (χ0n) is 14.0. The third-order valence-corrected chi connectivity index (χ3v) is 4.07. The van der Waals surface area contributed by atoms with Crippen LogP contribution in [-0.4, -0.2) is 46.3 Å². The molecule has 1 aromatic carbocycles. The highest BCUT2D eigenvalue weighted by Crippen LogP contribution is 2.27. The number of rotatable bonds is 3. The summed E-state index contributed by atoms with van der Waals surface area (Å²) in [6.45, 7) is 10.5. The lowest BCUT2D eigenvalue weighted by molar-refractivity contribution is 0.238. The zero-order chi connectivity index (χ0) is 16.4. The lowest BCUT2D eigenvalue weighted by Gasteiger charge is -2.35. The molecule has 0 radical (unpaired) electrons. The Labute approximate surface area is 136 Å². The van der Waals surface area contributed by atoms with Crippen molar-refractivity contribution in [3.63, 3.8) is 0 Å². The smallest absolute Gasteiger partial charge is 0.232 e. The van der Waals surface area contributed by atoms with Gasteiger partial charge in [0.25, 0.3) is 0 Å². The van der Waals surface area contributed by atoms with Crippen LogP contribution >= 0.6 is 0 Å². The quantitative estimate of drug-likeness (QED) is 0.938. The first-order valence-electron chi connectivity index (χ1n) is 8.02. The van der Waals surface area contributed by atoms with Crippen LogP contribution in [0.2, 0.25) is 0 Å². The summed E-state index contributed by atoms with van der Waals surface area (Å²) in [7, 11) is 0. The Balaban J connectivity index is 1.57. The van der Waals surface area contributed by atoms with Gasteiger partial charge in [-0.25, -0.2) is 0 Å². The van der Waals surface area contributed by atoms with E-state index in [0.717, 1.165) is 37.7 Å². The third kappa shape index (κ3) is 3.64. The molecule has 6 nitrogen and oxygen atoms in total. The molecule has 1 aromatic heterocycles. The molecule has 0 unspecified atom stereocenters. The highest BCUT2D eigenvalue weighted by molar-refractivity contribution is 5.57. The van der Waals surface area contributed by atoms with E-state index in [1.807, 2.05) is 18.2 Å². The molecule has 2 heterocycles. The van der Waals surface area contributed by atoms with Gasteiger partial charge in [-0.2, -0.15) is 4.98 Å². The van der Waals surface area contributed by atoms with Crippen molar-refractivity contribution in [3.8, 4) is 5.75 Å². The predicted molar refractivity (Wildman–Crippen MR) is 88.6 cm³/mol. The molecule has 0 amide bonds. The maximum absolute atomic E-state index is 9.96. The number of aromatic nitrogens is 2. The summed E-state index contributed by atoms with van der Waals surface area (Å²) in [5.41, 5.74) is 0.788. The van der Waals surface area contributed by atoms with Crippen molar-refractivity contribution in [2.24, 2.45) is 0 Å². The van der Waals surface area contributed by atoms with Gasteiger partial charge in [-0.1, -0.05) is 38.1 Å². The molecule has 2 aromatic rings. The van der Waals surface area contributed by atoms with E-state index in [2.05, 4.69) is 40.7 Å². The number of anilines is 1. The lowest BCUT2D eigenvalue weighted by Crippen LogP contribution is -2.46. The summed E-state index contributed by atoms with van der Waals surface area (Å²) in [6.07, 6.45) is 0. The van der Waals surface area contributed by atoms with Gasteiger partial charge in [0.05, 0.1) is 12.2 Å². The number of benzene rings is 1. The second-order valence-corrected chi connectivity index (χ2v) is 7.02. The van der Waals surface area contributed by atoms with Gasteiger partial charge in [-0.05, 0) is 12.1 Å². The van der Waals surface area contributed by atoms with Gasteiger partial charge in [-0.3, -0.25) is 4.90 Å². The lowest BCUT2D eigenvalue weighted by atomic mass is 9.97. The second kappa shape index (κ2) is 6.20. The van der Waals surface area contributed by atoms with E-state index in [1.165, 1.54) is 0 Å². The van der Waals surface area contributed by atoms with E-state index in [0.29, 0.717) is 18.2 Å². The van der Waals surface area contributed by atoms with Gasteiger partial charge in [0, 0.05) is 31.6 Å². The minimum Gasteiger partial charge on any atom is -0.506 e. The van der Waals surface area contributed by atoms with Crippen LogP contribution in [0.5, 0.6) is 5.75 Å². The Morgan fingerprint density at radius 2 is 1.83 bits per heavy atom. The minimum absolute atomic E-state index is 0.116. The number of hydrogen-bond acceptors (Lipinski definition) is 6. The summed E-state index contributed by atoms with van der Waals surface area (Å²) in [5.74, 6) is 1.76. The molecule has 0 bridgehead atoms. The minimum atomic E-state index is -0.116. The number of phenols is 1. The van der Waals surface area contributed by atoms with Gasteiger partial charge in [-0.15, -0.1) is 0 Å². The number of phenolic OH excluding ortho intramolecular Hbond substituents is 1. The fourth-order valence-corrected chi connectivity index (χ4v) is 2.70. The number of nitrogens with zero attached hydrogens (tertiary/aromatic N) is 4. The molecule has 0 atom stereocenters. The topological polar surface area (TPSA) is 65.6 Å². The number of piperazine rings is 1. The fourth-order valence-electron chi connectivity index (χ4n) is 2.70. The van der Waals surface area contributed by atoms with Crippen molar-refractivity contribution in [1.82, 2.24) is 15.0 Å². The van der Waals surface area contributed by atoms with Gasteiger partial charge in [0.1, 0.15) is 5.75 Å². The highest BCUT2D eigenvalue weighted by atomic mass is 16.5. The first-order valence-corrected chi connectivity index (χ1v) is 8.02. The maximum atomic E-state index is 9.96. The number of aromatic hydroxyl groups is 1. The second-order valence-electron chi connectivity index (χ2n) is 7.02. The Bertz CT molecular complexity index is 655. The van der Waals surface area contributed by atoms with Crippen molar-refractivity contribution in [1.29, 1.82) is 0 Å². The Morgan fingerprint density at radius 1 is 1.13 bits per heavy atom. The molecule has 0 saturated carbocycles. The van der Waals surface area contributed by atoms with E-state index >= 15 is 0 Å². The van der Waals surface area contributed by atoms with Crippen molar-refractivity contribution < 1.29 is 9.63 Å². The Morgan fingerprint density at radius 3 is 2.43 bits per heavy atom. The normalized spacial score (nSPS) is 16.7. The average molecular weight is 316 g/mol. The number of para-hydroxylation sites is 2. The zero-order valence-corrected chi connectivity index (χ0v) is 14.0. The van der Waals surface area contributed by atoms with Crippen LogP contribution in [0, 0.1) is 0 Å². The van der Waals surface area contributed by atoms with Crippen molar-refractivity contribution >= 4 is 5.69 Å². The molecule has 0 spiro atoms. The summed E-state index contributed by atoms with van der Waals surface area (Å²) in [5, 5.41) is 14.0. The predicted octanol–water partition coefficient (Wildman–Crippen LogP) is 2.39. The van der Waals surface area contributed by atoms with Crippen molar-refractivity contribution in [3.05, 3.63) is 36.0 Å². The number of hydrogen-bond donors (Lipinski definition) is 1. The van der Waals surface area contributed by atoms with Crippen LogP contribution < -0.4 is 4.90 Å². The van der Waals surface area contributed by atoms with Crippen LogP contribution in [0.3, 0.4) is 0 Å². The van der Waals surface area contributed by atoms with E-state index in [-0.39, 0.29) is 5.41 Å². The average Bonchev–Trinajstić information content (AvgIpc) is 2.97. The molecule has 124 valence electrons. The SMILES string of the molecule is CC(C)(C)c1nc(CN2CCN(c3ccccc3O)CC2)no1. The van der Waals surface area contributed by atoms with E-state index in [1.54, 1.807) is 6.07 Å². The summed E-state index contributed by atoms with van der Waals surface area (Å²) in [6, 6.07) is 7.49. The van der Waals surface area contributed by atoms with Gasteiger partial charge >= 0.3 is 0 Å². The van der Waals surface area contributed by atoms with E-state index in [9.17, 15) is 5.11 Å². The summed E-state index contributed by atoms with van der Waals surface area (Å²) >= 11 is 0. The van der Waals surface area contributed by atoms with E-state index in [4.69, 9.17) is 4.52 Å². The molecule has 1 N–H and O–H groups in total. The van der Waals surface area contributed by atoms with Crippen LogP contribution in [0.15, 0.2) is 28.8 Å². The third-order valence-electron chi connectivity index (χ3n) is 4.07. The molecular weight excluding hydrogens is 292 g/mol. The van der Waals surface area contributed by atoms with Crippen molar-refractivity contribution in [2.45, 2.75) is 32.7 Å². The molecule has 1 fully saturated rings. The maximum Gasteiger partial charge on any atom is 0.232 e. The monoisotopic (exact) mass is 316 g/mol. The molecule has 1 aliphatic rings. The largest absolute Gasteiger partial charge is 0.506 e. The molecule has 6 heteroatoms. The van der Waals surface area contributed by atoms with Crippen molar-refractivity contribution in [2.75, 3.05) is 31.1 Å².